The van der Waals surface area contributed by atoms with Crippen molar-refractivity contribution in [2.45, 2.75) is 33.0 Å². The first-order valence-electron chi connectivity index (χ1n) is 9.27. The predicted molar refractivity (Wildman–Crippen MR) is 99.8 cm³/mol. The number of piperazine rings is 1. The minimum Gasteiger partial charge on any atom is -0.293 e. The van der Waals surface area contributed by atoms with Crippen molar-refractivity contribution in [3.8, 4) is 5.69 Å². The second-order valence-electron chi connectivity index (χ2n) is 7.00. The fourth-order valence-corrected chi connectivity index (χ4v) is 4.80. The molecular formula is C17H23F3N6O2S. The molecule has 0 N–H and O–H groups in total. The topological polar surface area (TPSA) is 84.2 Å². The van der Waals surface area contributed by atoms with E-state index in [2.05, 4.69) is 15.5 Å². The van der Waals surface area contributed by atoms with Gasteiger partial charge in [-0.25, -0.2) is 8.42 Å². The highest BCUT2D eigenvalue weighted by Gasteiger charge is 2.33. The van der Waals surface area contributed by atoms with Gasteiger partial charge in [0.2, 0.25) is 10.0 Å². The normalized spacial score (nSPS) is 17.0. The summed E-state index contributed by atoms with van der Waals surface area (Å²) in [5, 5.41) is 11.4. The van der Waals surface area contributed by atoms with Gasteiger partial charge in [0, 0.05) is 26.2 Å². The van der Waals surface area contributed by atoms with Gasteiger partial charge in [-0.1, -0.05) is 13.0 Å². The zero-order chi connectivity index (χ0) is 21.2. The van der Waals surface area contributed by atoms with Crippen molar-refractivity contribution in [1.29, 1.82) is 0 Å². The molecule has 0 radical (unpaired) electrons. The molecule has 0 atom stereocenters. The average molecular weight is 432 g/mol. The molecule has 12 heteroatoms. The highest BCUT2D eigenvalue weighted by atomic mass is 32.2. The third kappa shape index (κ3) is 4.93. The van der Waals surface area contributed by atoms with E-state index >= 15 is 0 Å². The van der Waals surface area contributed by atoms with Gasteiger partial charge in [0.05, 0.1) is 23.5 Å². The van der Waals surface area contributed by atoms with Crippen LogP contribution >= 0.6 is 0 Å². The summed E-state index contributed by atoms with van der Waals surface area (Å²) in [5.74, 6) is 0.520. The van der Waals surface area contributed by atoms with Crippen LogP contribution in [-0.2, 0) is 22.7 Å². The number of hydrogen-bond acceptors (Lipinski definition) is 6. The number of hydrogen-bond donors (Lipinski definition) is 0. The Hall–Kier alpha value is -2.05. The summed E-state index contributed by atoms with van der Waals surface area (Å²) >= 11 is 0. The van der Waals surface area contributed by atoms with Crippen molar-refractivity contribution in [1.82, 2.24) is 29.4 Å². The Labute approximate surface area is 167 Å². The standard InChI is InChI=1S/C17H23F3N6O2S/c1-3-10-29(27,28)25-8-6-24(7-9-25)12-16-21-22-23-26(16)14-5-4-13(2)15(11-14)17(18,19)20/h4-5,11H,3,6-10,12H2,1-2H3. The van der Waals surface area contributed by atoms with E-state index in [1.807, 2.05) is 11.8 Å². The average Bonchev–Trinajstić information content (AvgIpc) is 3.10. The van der Waals surface area contributed by atoms with Crippen LogP contribution in [0.4, 0.5) is 13.2 Å². The Morgan fingerprint density at radius 2 is 1.83 bits per heavy atom. The maximum absolute atomic E-state index is 13.2. The molecule has 0 aliphatic carbocycles. The first-order chi connectivity index (χ1) is 13.6. The molecule has 1 aromatic carbocycles. The number of halogens is 3. The van der Waals surface area contributed by atoms with Gasteiger partial charge in [-0.2, -0.15) is 22.2 Å². The highest BCUT2D eigenvalue weighted by molar-refractivity contribution is 7.89. The summed E-state index contributed by atoms with van der Waals surface area (Å²) in [6.45, 7) is 5.26. The van der Waals surface area contributed by atoms with Crippen LogP contribution < -0.4 is 0 Å². The van der Waals surface area contributed by atoms with E-state index in [4.69, 9.17) is 0 Å². The van der Waals surface area contributed by atoms with Crippen LogP contribution in [0, 0.1) is 6.92 Å². The Balaban J connectivity index is 1.73. The van der Waals surface area contributed by atoms with E-state index in [1.54, 1.807) is 6.07 Å². The van der Waals surface area contributed by atoms with Gasteiger partial charge in [-0.15, -0.1) is 5.10 Å². The van der Waals surface area contributed by atoms with Crippen LogP contribution in [-0.4, -0.2) is 69.8 Å². The zero-order valence-electron chi connectivity index (χ0n) is 16.2. The van der Waals surface area contributed by atoms with Crippen LogP contribution in [0.15, 0.2) is 18.2 Å². The molecule has 1 fully saturated rings. The Bertz CT molecular complexity index is 952. The third-order valence-electron chi connectivity index (χ3n) is 4.86. The maximum Gasteiger partial charge on any atom is 0.416 e. The van der Waals surface area contributed by atoms with Crippen molar-refractivity contribution in [3.63, 3.8) is 0 Å². The fourth-order valence-electron chi connectivity index (χ4n) is 3.30. The van der Waals surface area contributed by atoms with E-state index in [9.17, 15) is 21.6 Å². The second-order valence-corrected chi connectivity index (χ2v) is 9.08. The van der Waals surface area contributed by atoms with Crippen molar-refractivity contribution < 1.29 is 21.6 Å². The van der Waals surface area contributed by atoms with Crippen molar-refractivity contribution in [2.24, 2.45) is 0 Å². The minimum atomic E-state index is -4.46. The second kappa shape index (κ2) is 8.36. The van der Waals surface area contributed by atoms with E-state index in [0.717, 1.165) is 6.07 Å². The molecule has 0 amide bonds. The van der Waals surface area contributed by atoms with Gasteiger partial charge < -0.3 is 0 Å². The summed E-state index contributed by atoms with van der Waals surface area (Å²) in [7, 11) is -3.24. The predicted octanol–water partition coefficient (Wildman–Crippen LogP) is 1.85. The highest BCUT2D eigenvalue weighted by Crippen LogP contribution is 2.33. The molecule has 0 spiro atoms. The summed E-state index contributed by atoms with van der Waals surface area (Å²) < 4.78 is 66.7. The van der Waals surface area contributed by atoms with Gasteiger partial charge in [-0.05, 0) is 41.5 Å². The molecule has 0 unspecified atom stereocenters. The quantitative estimate of drug-likeness (QED) is 0.693. The van der Waals surface area contributed by atoms with E-state index in [0.29, 0.717) is 45.0 Å². The lowest BCUT2D eigenvalue weighted by atomic mass is 10.1. The largest absolute Gasteiger partial charge is 0.416 e. The first-order valence-corrected chi connectivity index (χ1v) is 10.9. The molecule has 29 heavy (non-hydrogen) atoms. The number of aromatic nitrogens is 4. The van der Waals surface area contributed by atoms with E-state index in [-0.39, 0.29) is 17.0 Å². The number of tetrazole rings is 1. The number of nitrogens with zero attached hydrogens (tertiary/aromatic N) is 6. The Morgan fingerprint density at radius 3 is 2.45 bits per heavy atom. The number of sulfonamides is 1. The molecule has 0 bridgehead atoms. The van der Waals surface area contributed by atoms with Crippen LogP contribution in [0.3, 0.4) is 0 Å². The van der Waals surface area contributed by atoms with Crippen molar-refractivity contribution in [2.75, 3.05) is 31.9 Å². The van der Waals surface area contributed by atoms with Gasteiger partial charge in [0.15, 0.2) is 5.82 Å². The molecule has 1 saturated heterocycles. The monoisotopic (exact) mass is 432 g/mol. The van der Waals surface area contributed by atoms with E-state index in [1.165, 1.54) is 22.0 Å². The smallest absolute Gasteiger partial charge is 0.293 e. The number of rotatable bonds is 6. The van der Waals surface area contributed by atoms with Gasteiger partial charge in [0.25, 0.3) is 0 Å². The Kier molecular flexibility index (Phi) is 6.24. The number of alkyl halides is 3. The molecule has 2 heterocycles. The number of benzene rings is 1. The molecule has 1 aliphatic heterocycles. The number of aryl methyl sites for hydroxylation is 1. The molecule has 3 rings (SSSR count). The van der Waals surface area contributed by atoms with Crippen molar-refractivity contribution >= 4 is 10.0 Å². The molecule has 1 aromatic heterocycles. The summed E-state index contributed by atoms with van der Waals surface area (Å²) in [4.78, 5) is 1.99. The molecule has 8 nitrogen and oxygen atoms in total. The molecule has 1 aliphatic rings. The summed E-state index contributed by atoms with van der Waals surface area (Å²) in [6.07, 6.45) is -3.90. The lowest BCUT2D eigenvalue weighted by Gasteiger charge is -2.33. The zero-order valence-corrected chi connectivity index (χ0v) is 17.0. The fraction of sp³-hybridized carbons (Fsp3) is 0.588. The lowest BCUT2D eigenvalue weighted by molar-refractivity contribution is -0.138. The van der Waals surface area contributed by atoms with E-state index < -0.39 is 21.8 Å². The van der Waals surface area contributed by atoms with Gasteiger partial charge in [0.1, 0.15) is 0 Å². The van der Waals surface area contributed by atoms with Crippen LogP contribution in [0.2, 0.25) is 0 Å². The maximum atomic E-state index is 13.2. The van der Waals surface area contributed by atoms with Crippen molar-refractivity contribution in [3.05, 3.63) is 35.2 Å². The molecule has 2 aromatic rings. The third-order valence-corrected chi connectivity index (χ3v) is 6.93. The van der Waals surface area contributed by atoms with Crippen LogP contribution in [0.1, 0.15) is 30.3 Å². The first kappa shape index (κ1) is 21.7. The Morgan fingerprint density at radius 1 is 1.14 bits per heavy atom. The van der Waals surface area contributed by atoms with Crippen LogP contribution in [0.25, 0.3) is 5.69 Å². The minimum absolute atomic E-state index is 0.125. The van der Waals surface area contributed by atoms with Gasteiger partial charge >= 0.3 is 6.18 Å². The van der Waals surface area contributed by atoms with Gasteiger partial charge in [-0.3, -0.25) is 4.90 Å². The summed E-state index contributed by atoms with van der Waals surface area (Å²) in [5.41, 5.74) is -0.376. The molecule has 160 valence electrons. The molecule has 0 saturated carbocycles. The SMILES string of the molecule is CCCS(=O)(=O)N1CCN(Cc2nnnn2-c2ccc(C)c(C(F)(F)F)c2)CC1. The molecular weight excluding hydrogens is 409 g/mol. The summed E-state index contributed by atoms with van der Waals surface area (Å²) in [6, 6.07) is 3.96. The lowest BCUT2D eigenvalue weighted by Crippen LogP contribution is -2.49. The van der Waals surface area contributed by atoms with Crippen LogP contribution in [0.5, 0.6) is 0 Å².